The lowest BCUT2D eigenvalue weighted by atomic mass is 9.76. The highest BCUT2D eigenvalue weighted by Crippen LogP contribution is 2.37. The molecule has 0 radical (unpaired) electrons. The van der Waals surface area contributed by atoms with Crippen LogP contribution in [0.25, 0.3) is 0 Å². The van der Waals surface area contributed by atoms with Crippen molar-refractivity contribution in [3.05, 3.63) is 0 Å². The Bertz CT molecular complexity index is 192. The van der Waals surface area contributed by atoms with Gasteiger partial charge in [-0.25, -0.2) is 0 Å². The SMILES string of the molecule is CC1(C)CCC(OC(C)(CCl)CBr)CC1. The van der Waals surface area contributed by atoms with Crippen LogP contribution in [0.1, 0.15) is 46.5 Å². The molecule has 0 aromatic rings. The Kier molecular flexibility index (Phi) is 4.94. The lowest BCUT2D eigenvalue weighted by Crippen LogP contribution is -2.39. The van der Waals surface area contributed by atoms with Gasteiger partial charge in [0.2, 0.25) is 0 Å². The molecule has 0 saturated heterocycles. The second-order valence-electron chi connectivity index (χ2n) is 5.70. The summed E-state index contributed by atoms with van der Waals surface area (Å²) >= 11 is 9.40. The van der Waals surface area contributed by atoms with Crippen molar-refractivity contribution in [2.24, 2.45) is 5.41 Å². The topological polar surface area (TPSA) is 9.23 Å². The first-order chi connectivity index (χ1) is 6.91. The fraction of sp³-hybridized carbons (Fsp3) is 1.00. The average Bonchev–Trinajstić information content (AvgIpc) is 2.21. The molecule has 0 amide bonds. The third-order valence-corrected chi connectivity index (χ3v) is 5.05. The smallest absolute Gasteiger partial charge is 0.0889 e. The van der Waals surface area contributed by atoms with Gasteiger partial charge < -0.3 is 4.74 Å². The fourth-order valence-electron chi connectivity index (χ4n) is 1.99. The predicted molar refractivity (Wildman–Crippen MR) is 70.0 cm³/mol. The van der Waals surface area contributed by atoms with Gasteiger partial charge in [-0.1, -0.05) is 29.8 Å². The molecule has 1 unspecified atom stereocenters. The van der Waals surface area contributed by atoms with E-state index in [1.54, 1.807) is 0 Å². The maximum absolute atomic E-state index is 6.09. The number of halogens is 2. The zero-order chi connectivity index (χ0) is 11.5. The van der Waals surface area contributed by atoms with Crippen molar-refractivity contribution in [2.75, 3.05) is 11.2 Å². The molecule has 1 nitrogen and oxygen atoms in total. The molecule has 1 aliphatic rings. The second kappa shape index (κ2) is 5.37. The number of hydrogen-bond acceptors (Lipinski definition) is 1. The molecule has 1 rings (SSSR count). The number of alkyl halides is 2. The molecule has 1 fully saturated rings. The van der Waals surface area contributed by atoms with E-state index in [4.69, 9.17) is 16.3 Å². The normalized spacial score (nSPS) is 26.2. The van der Waals surface area contributed by atoms with Crippen molar-refractivity contribution >= 4 is 27.5 Å². The largest absolute Gasteiger partial charge is 0.370 e. The molecule has 15 heavy (non-hydrogen) atoms. The Morgan fingerprint density at radius 1 is 1.40 bits per heavy atom. The second-order valence-corrected chi connectivity index (χ2v) is 6.53. The Morgan fingerprint density at radius 2 is 1.93 bits per heavy atom. The molecule has 0 N–H and O–H groups in total. The summed E-state index contributed by atoms with van der Waals surface area (Å²) in [4.78, 5) is 0. The van der Waals surface area contributed by atoms with Gasteiger partial charge >= 0.3 is 0 Å². The van der Waals surface area contributed by atoms with Crippen molar-refractivity contribution in [1.82, 2.24) is 0 Å². The van der Waals surface area contributed by atoms with E-state index in [2.05, 4.69) is 36.7 Å². The molecule has 0 aromatic heterocycles. The van der Waals surface area contributed by atoms with Crippen LogP contribution in [0.15, 0.2) is 0 Å². The van der Waals surface area contributed by atoms with E-state index in [1.807, 2.05) is 0 Å². The van der Waals surface area contributed by atoms with E-state index in [0.29, 0.717) is 17.4 Å². The molecule has 1 atom stereocenters. The van der Waals surface area contributed by atoms with Crippen LogP contribution in [-0.4, -0.2) is 22.9 Å². The maximum Gasteiger partial charge on any atom is 0.0889 e. The summed E-state index contributed by atoms with van der Waals surface area (Å²) in [6.07, 6.45) is 5.27. The molecule has 3 heteroatoms. The first-order valence-electron chi connectivity index (χ1n) is 5.71. The Balaban J connectivity index is 2.41. The minimum absolute atomic E-state index is 0.201. The van der Waals surface area contributed by atoms with Gasteiger partial charge in [-0.2, -0.15) is 0 Å². The molecule has 0 bridgehead atoms. The van der Waals surface area contributed by atoms with Crippen molar-refractivity contribution in [3.63, 3.8) is 0 Å². The monoisotopic (exact) mass is 296 g/mol. The molecule has 90 valence electrons. The van der Waals surface area contributed by atoms with Gasteiger partial charge in [0.05, 0.1) is 17.6 Å². The highest BCUT2D eigenvalue weighted by Gasteiger charge is 2.32. The minimum Gasteiger partial charge on any atom is -0.370 e. The summed E-state index contributed by atoms with van der Waals surface area (Å²) in [7, 11) is 0. The number of rotatable bonds is 4. The van der Waals surface area contributed by atoms with E-state index >= 15 is 0 Å². The first kappa shape index (κ1) is 13.8. The zero-order valence-electron chi connectivity index (χ0n) is 9.98. The van der Waals surface area contributed by atoms with Crippen molar-refractivity contribution < 1.29 is 4.74 Å². The fourth-order valence-corrected chi connectivity index (χ4v) is 2.71. The van der Waals surface area contributed by atoms with Gasteiger partial charge in [0.1, 0.15) is 0 Å². The number of hydrogen-bond donors (Lipinski definition) is 0. The summed E-state index contributed by atoms with van der Waals surface area (Å²) in [5.74, 6) is 0.554. The predicted octanol–water partition coefficient (Wildman–Crippen LogP) is 4.36. The Morgan fingerprint density at radius 3 is 2.33 bits per heavy atom. The zero-order valence-corrected chi connectivity index (χ0v) is 12.3. The molecule has 0 aromatic carbocycles. The lowest BCUT2D eigenvalue weighted by Gasteiger charge is -2.38. The molecule has 0 heterocycles. The van der Waals surface area contributed by atoms with Crippen molar-refractivity contribution in [1.29, 1.82) is 0 Å². The Hall–Kier alpha value is 0.730. The highest BCUT2D eigenvalue weighted by atomic mass is 79.9. The van der Waals surface area contributed by atoms with E-state index in [1.165, 1.54) is 25.7 Å². The van der Waals surface area contributed by atoms with Crippen LogP contribution in [0.2, 0.25) is 0 Å². The van der Waals surface area contributed by atoms with Crippen LogP contribution >= 0.6 is 27.5 Å². The summed E-state index contributed by atoms with van der Waals surface area (Å²) < 4.78 is 6.09. The highest BCUT2D eigenvalue weighted by molar-refractivity contribution is 9.09. The molecule has 0 spiro atoms. The van der Waals surface area contributed by atoms with Crippen molar-refractivity contribution in [2.45, 2.75) is 58.2 Å². The molecule has 1 aliphatic carbocycles. The lowest BCUT2D eigenvalue weighted by molar-refractivity contribution is -0.0793. The van der Waals surface area contributed by atoms with E-state index in [9.17, 15) is 0 Å². The minimum atomic E-state index is -0.201. The average molecular weight is 298 g/mol. The van der Waals surface area contributed by atoms with Crippen LogP contribution < -0.4 is 0 Å². The van der Waals surface area contributed by atoms with E-state index in [0.717, 1.165) is 5.33 Å². The molecular formula is C12H22BrClO. The van der Waals surface area contributed by atoms with Gasteiger partial charge in [-0.05, 0) is 38.0 Å². The van der Waals surface area contributed by atoms with Crippen LogP contribution in [0.5, 0.6) is 0 Å². The summed E-state index contributed by atoms with van der Waals surface area (Å²) in [6.45, 7) is 6.76. The summed E-state index contributed by atoms with van der Waals surface area (Å²) in [5.41, 5.74) is 0.305. The van der Waals surface area contributed by atoms with Gasteiger partial charge in [0.15, 0.2) is 0 Å². The molecule has 0 aliphatic heterocycles. The third-order valence-electron chi connectivity index (χ3n) is 3.30. The van der Waals surface area contributed by atoms with Gasteiger partial charge in [0, 0.05) is 5.33 Å². The number of ether oxygens (including phenoxy) is 1. The van der Waals surface area contributed by atoms with Gasteiger partial charge in [-0.3, -0.25) is 0 Å². The Labute approximate surface area is 107 Å². The third kappa shape index (κ3) is 4.24. The maximum atomic E-state index is 6.09. The van der Waals surface area contributed by atoms with Crippen LogP contribution in [0, 0.1) is 5.41 Å². The van der Waals surface area contributed by atoms with Crippen molar-refractivity contribution in [3.8, 4) is 0 Å². The van der Waals surface area contributed by atoms with Crippen LogP contribution in [-0.2, 0) is 4.74 Å². The molecule has 1 saturated carbocycles. The summed E-state index contributed by atoms with van der Waals surface area (Å²) in [5, 5.41) is 0.809. The molecular weight excluding hydrogens is 275 g/mol. The standard InChI is InChI=1S/C12H22BrClO/c1-11(2)6-4-10(5-7-11)15-12(3,8-13)9-14/h10H,4-9H2,1-3H3. The van der Waals surface area contributed by atoms with E-state index < -0.39 is 0 Å². The van der Waals surface area contributed by atoms with E-state index in [-0.39, 0.29) is 5.60 Å². The van der Waals surface area contributed by atoms with Crippen LogP contribution in [0.4, 0.5) is 0 Å². The first-order valence-corrected chi connectivity index (χ1v) is 7.36. The summed E-state index contributed by atoms with van der Waals surface area (Å²) in [6, 6.07) is 0. The quantitative estimate of drug-likeness (QED) is 0.700. The van der Waals surface area contributed by atoms with Crippen LogP contribution in [0.3, 0.4) is 0 Å². The van der Waals surface area contributed by atoms with Gasteiger partial charge in [-0.15, -0.1) is 11.6 Å². The van der Waals surface area contributed by atoms with Gasteiger partial charge in [0.25, 0.3) is 0 Å².